The van der Waals surface area contributed by atoms with E-state index in [4.69, 9.17) is 0 Å². The number of hydrogen-bond acceptors (Lipinski definition) is 2. The van der Waals surface area contributed by atoms with Gasteiger partial charge in [-0.3, -0.25) is 0 Å². The van der Waals surface area contributed by atoms with Crippen molar-refractivity contribution in [3.05, 3.63) is 35.4 Å². The monoisotopic (exact) mass is 227 g/mol. The molecule has 1 aromatic rings. The number of hydrogen-bond donors (Lipinski definition) is 2. The van der Waals surface area contributed by atoms with Gasteiger partial charge in [0, 0.05) is 12.6 Å². The first-order valence-corrected chi connectivity index (χ1v) is 5.40. The van der Waals surface area contributed by atoms with Crippen molar-refractivity contribution < 1.29 is 13.9 Å². The van der Waals surface area contributed by atoms with Crippen LogP contribution in [0.25, 0.3) is 0 Å². The minimum Gasteiger partial charge on any atom is -0.384 e. The highest BCUT2D eigenvalue weighted by molar-refractivity contribution is 5.24. The molecule has 2 nitrogen and oxygen atoms in total. The standard InChI is InChI=1S/C12H15F2NO/c1-12(16,7-15-9-3-4-9)8-2-5-10(13)11(14)6-8/h2,5-6,9,15-16H,3-4,7H2,1H3. The predicted octanol–water partition coefficient (Wildman–Crippen LogP) is 1.92. The highest BCUT2D eigenvalue weighted by Gasteiger charge is 2.28. The minimum atomic E-state index is -1.17. The van der Waals surface area contributed by atoms with E-state index < -0.39 is 17.2 Å². The normalized spacial score (nSPS) is 19.5. The number of benzene rings is 1. The first kappa shape index (κ1) is 11.5. The molecule has 1 fully saturated rings. The molecule has 0 saturated heterocycles. The van der Waals surface area contributed by atoms with E-state index in [1.54, 1.807) is 6.92 Å². The third-order valence-corrected chi connectivity index (χ3v) is 2.85. The molecule has 1 unspecified atom stereocenters. The third-order valence-electron chi connectivity index (χ3n) is 2.85. The van der Waals surface area contributed by atoms with Crippen LogP contribution in [-0.4, -0.2) is 17.7 Å². The molecule has 88 valence electrons. The fourth-order valence-corrected chi connectivity index (χ4v) is 1.56. The zero-order valence-corrected chi connectivity index (χ0v) is 9.13. The van der Waals surface area contributed by atoms with Crippen LogP contribution in [0.1, 0.15) is 25.3 Å². The van der Waals surface area contributed by atoms with Gasteiger partial charge in [-0.15, -0.1) is 0 Å². The van der Waals surface area contributed by atoms with Crippen molar-refractivity contribution in [2.24, 2.45) is 0 Å². The maximum Gasteiger partial charge on any atom is 0.159 e. The van der Waals surface area contributed by atoms with Gasteiger partial charge in [0.2, 0.25) is 0 Å². The zero-order chi connectivity index (χ0) is 11.8. The predicted molar refractivity (Wildman–Crippen MR) is 57.0 cm³/mol. The zero-order valence-electron chi connectivity index (χ0n) is 9.13. The molecule has 16 heavy (non-hydrogen) atoms. The minimum absolute atomic E-state index is 0.350. The highest BCUT2D eigenvalue weighted by atomic mass is 19.2. The van der Waals surface area contributed by atoms with Gasteiger partial charge < -0.3 is 10.4 Å². The van der Waals surface area contributed by atoms with Crippen LogP contribution in [0.4, 0.5) is 8.78 Å². The van der Waals surface area contributed by atoms with Crippen molar-refractivity contribution in [3.8, 4) is 0 Å². The van der Waals surface area contributed by atoms with Crippen LogP contribution in [0.15, 0.2) is 18.2 Å². The summed E-state index contributed by atoms with van der Waals surface area (Å²) in [5, 5.41) is 13.3. The lowest BCUT2D eigenvalue weighted by molar-refractivity contribution is 0.0561. The molecular weight excluding hydrogens is 212 g/mol. The van der Waals surface area contributed by atoms with Crippen LogP contribution in [-0.2, 0) is 5.60 Å². The van der Waals surface area contributed by atoms with Crippen molar-refractivity contribution in [1.82, 2.24) is 5.32 Å². The topological polar surface area (TPSA) is 32.3 Å². The Hall–Kier alpha value is -1.00. The number of halogens is 2. The van der Waals surface area contributed by atoms with Crippen molar-refractivity contribution in [2.75, 3.05) is 6.54 Å². The third kappa shape index (κ3) is 2.57. The van der Waals surface area contributed by atoms with Crippen LogP contribution < -0.4 is 5.32 Å². The van der Waals surface area contributed by atoms with Crippen LogP contribution >= 0.6 is 0 Å². The van der Waals surface area contributed by atoms with E-state index in [1.165, 1.54) is 6.07 Å². The summed E-state index contributed by atoms with van der Waals surface area (Å²) >= 11 is 0. The molecule has 2 rings (SSSR count). The first-order valence-electron chi connectivity index (χ1n) is 5.40. The fraction of sp³-hybridized carbons (Fsp3) is 0.500. The Kier molecular flexibility index (Phi) is 2.95. The molecule has 0 radical (unpaired) electrons. The molecule has 1 saturated carbocycles. The Bertz CT molecular complexity index is 389. The Balaban J connectivity index is 2.09. The summed E-state index contributed by atoms with van der Waals surface area (Å²) in [6.45, 7) is 1.94. The molecule has 1 aliphatic rings. The van der Waals surface area contributed by atoms with Crippen molar-refractivity contribution >= 4 is 0 Å². The lowest BCUT2D eigenvalue weighted by atomic mass is 9.96. The van der Waals surface area contributed by atoms with Crippen LogP contribution in [0.2, 0.25) is 0 Å². The quantitative estimate of drug-likeness (QED) is 0.823. The lowest BCUT2D eigenvalue weighted by Crippen LogP contribution is -2.36. The van der Waals surface area contributed by atoms with E-state index in [0.717, 1.165) is 25.0 Å². The molecule has 0 amide bonds. The Morgan fingerprint density at radius 2 is 2.06 bits per heavy atom. The molecule has 0 aliphatic heterocycles. The summed E-state index contributed by atoms with van der Waals surface area (Å²) in [5.41, 5.74) is -0.781. The van der Waals surface area contributed by atoms with Crippen molar-refractivity contribution in [3.63, 3.8) is 0 Å². The molecule has 2 N–H and O–H groups in total. The maximum atomic E-state index is 13.0. The SMILES string of the molecule is CC(O)(CNC1CC1)c1ccc(F)c(F)c1. The summed E-state index contributed by atoms with van der Waals surface area (Å²) in [6.07, 6.45) is 2.24. The van der Waals surface area contributed by atoms with Gasteiger partial charge >= 0.3 is 0 Å². The summed E-state index contributed by atoms with van der Waals surface area (Å²) in [6, 6.07) is 3.96. The van der Waals surface area contributed by atoms with Gasteiger partial charge in [0.05, 0.1) is 5.60 Å². The molecular formula is C12H15F2NO. The van der Waals surface area contributed by atoms with Gasteiger partial charge in [0.25, 0.3) is 0 Å². The second kappa shape index (κ2) is 4.11. The van der Waals surface area contributed by atoms with Crippen molar-refractivity contribution in [1.29, 1.82) is 0 Å². The van der Waals surface area contributed by atoms with Crippen LogP contribution in [0.5, 0.6) is 0 Å². The summed E-state index contributed by atoms with van der Waals surface area (Å²) in [5.74, 6) is -1.82. The molecule has 0 bridgehead atoms. The Labute approximate surface area is 93.3 Å². The smallest absolute Gasteiger partial charge is 0.159 e. The van der Waals surface area contributed by atoms with E-state index in [-0.39, 0.29) is 0 Å². The van der Waals surface area contributed by atoms with Gasteiger partial charge in [0.1, 0.15) is 0 Å². The van der Waals surface area contributed by atoms with E-state index in [2.05, 4.69) is 5.32 Å². The van der Waals surface area contributed by atoms with Gasteiger partial charge in [-0.25, -0.2) is 8.78 Å². The lowest BCUT2D eigenvalue weighted by Gasteiger charge is -2.24. The summed E-state index contributed by atoms with van der Waals surface area (Å²) in [7, 11) is 0. The largest absolute Gasteiger partial charge is 0.384 e. The number of rotatable bonds is 4. The van der Waals surface area contributed by atoms with Gasteiger partial charge in [-0.2, -0.15) is 0 Å². The van der Waals surface area contributed by atoms with Crippen LogP contribution in [0.3, 0.4) is 0 Å². The highest BCUT2D eigenvalue weighted by Crippen LogP contribution is 2.24. The molecule has 1 atom stereocenters. The first-order chi connectivity index (χ1) is 7.49. The summed E-state index contributed by atoms with van der Waals surface area (Å²) < 4.78 is 25.8. The molecule has 1 aromatic carbocycles. The van der Waals surface area contributed by atoms with Gasteiger partial charge in [0.15, 0.2) is 11.6 Å². The van der Waals surface area contributed by atoms with E-state index in [1.807, 2.05) is 0 Å². The van der Waals surface area contributed by atoms with E-state index in [9.17, 15) is 13.9 Å². The Morgan fingerprint density at radius 1 is 1.38 bits per heavy atom. The number of nitrogens with one attached hydrogen (secondary N) is 1. The molecule has 4 heteroatoms. The van der Waals surface area contributed by atoms with Gasteiger partial charge in [-0.05, 0) is 37.5 Å². The molecule has 1 aliphatic carbocycles. The molecule has 0 spiro atoms. The van der Waals surface area contributed by atoms with Crippen LogP contribution in [0, 0.1) is 11.6 Å². The average Bonchev–Trinajstić information content (AvgIpc) is 3.03. The van der Waals surface area contributed by atoms with Gasteiger partial charge in [-0.1, -0.05) is 6.07 Å². The molecule has 0 heterocycles. The Morgan fingerprint density at radius 3 is 2.62 bits per heavy atom. The second-order valence-electron chi connectivity index (χ2n) is 4.56. The van der Waals surface area contributed by atoms with Crippen molar-refractivity contribution in [2.45, 2.75) is 31.4 Å². The molecule has 0 aromatic heterocycles. The maximum absolute atomic E-state index is 13.0. The van der Waals surface area contributed by atoms with E-state index in [0.29, 0.717) is 18.2 Å². The number of aliphatic hydroxyl groups is 1. The second-order valence-corrected chi connectivity index (χ2v) is 4.56. The average molecular weight is 227 g/mol. The van der Waals surface area contributed by atoms with E-state index >= 15 is 0 Å². The fourth-order valence-electron chi connectivity index (χ4n) is 1.56. The summed E-state index contributed by atoms with van der Waals surface area (Å²) in [4.78, 5) is 0.